The predicted octanol–water partition coefficient (Wildman–Crippen LogP) is -0.584. The van der Waals surface area contributed by atoms with E-state index in [-0.39, 0.29) is 24.4 Å². The molecule has 0 saturated heterocycles. The van der Waals surface area contributed by atoms with E-state index in [0.29, 0.717) is 0 Å². The number of primary sulfonamides is 1. The van der Waals surface area contributed by atoms with Crippen molar-refractivity contribution in [3.8, 4) is 0 Å². The minimum absolute atomic E-state index is 0.00458. The van der Waals surface area contributed by atoms with E-state index in [1.165, 1.54) is 0 Å². The van der Waals surface area contributed by atoms with Gasteiger partial charge in [0, 0.05) is 12.1 Å². The molecule has 0 amide bonds. The molecule has 0 unspecified atom stereocenters. The Bertz CT molecular complexity index is 239. The maximum absolute atomic E-state index is 10.7. The molecule has 0 aromatic heterocycles. The molecule has 0 aromatic carbocycles. The van der Waals surface area contributed by atoms with Crippen molar-refractivity contribution in [2.24, 2.45) is 5.14 Å². The monoisotopic (exact) mass is 224 g/mol. The maximum atomic E-state index is 10.7. The Labute approximate surface area is 85.7 Å². The molecular formula is C8H20N2O3S. The number of rotatable bonds is 7. The summed E-state index contributed by atoms with van der Waals surface area (Å²) >= 11 is 0. The smallest absolute Gasteiger partial charge is 0.210 e. The van der Waals surface area contributed by atoms with Gasteiger partial charge in [-0.15, -0.1) is 0 Å². The van der Waals surface area contributed by atoms with Crippen LogP contribution in [0.1, 0.15) is 26.7 Å². The molecule has 0 saturated carbocycles. The molecule has 86 valence electrons. The summed E-state index contributed by atoms with van der Waals surface area (Å²) in [6, 6.07) is 0. The second kappa shape index (κ2) is 5.65. The van der Waals surface area contributed by atoms with Crippen molar-refractivity contribution in [1.82, 2.24) is 5.32 Å². The zero-order chi connectivity index (χ0) is 11.2. The van der Waals surface area contributed by atoms with E-state index in [4.69, 9.17) is 10.2 Å². The Kier molecular flexibility index (Phi) is 5.58. The molecule has 4 N–H and O–H groups in total. The van der Waals surface area contributed by atoms with E-state index in [1.54, 1.807) is 0 Å². The van der Waals surface area contributed by atoms with E-state index in [1.807, 2.05) is 13.8 Å². The van der Waals surface area contributed by atoms with Crippen LogP contribution in [-0.4, -0.2) is 38.0 Å². The van der Waals surface area contributed by atoms with Crippen LogP contribution < -0.4 is 10.5 Å². The van der Waals surface area contributed by atoms with Crippen LogP contribution in [0.3, 0.4) is 0 Å². The van der Waals surface area contributed by atoms with E-state index in [9.17, 15) is 8.42 Å². The van der Waals surface area contributed by atoms with Crippen molar-refractivity contribution in [1.29, 1.82) is 0 Å². The van der Waals surface area contributed by atoms with Gasteiger partial charge in [0.05, 0.1) is 12.4 Å². The standard InChI is InChI=1S/C8H20N2O3S/c1-3-8(4-2,7-11)10-5-6-14(9,12)13/h10-11H,3-7H2,1-2H3,(H2,9,12,13). The lowest BCUT2D eigenvalue weighted by Gasteiger charge is -2.30. The number of nitrogens with two attached hydrogens (primary N) is 1. The Balaban J connectivity index is 4.08. The fourth-order valence-electron chi connectivity index (χ4n) is 1.24. The van der Waals surface area contributed by atoms with Gasteiger partial charge in [-0.2, -0.15) is 0 Å². The summed E-state index contributed by atoms with van der Waals surface area (Å²) < 4.78 is 21.3. The van der Waals surface area contributed by atoms with Crippen LogP contribution in [0.4, 0.5) is 0 Å². The topological polar surface area (TPSA) is 92.4 Å². The van der Waals surface area contributed by atoms with Crippen molar-refractivity contribution >= 4 is 10.0 Å². The van der Waals surface area contributed by atoms with Crippen LogP contribution >= 0.6 is 0 Å². The lowest BCUT2D eigenvalue weighted by Crippen LogP contribution is -2.49. The molecule has 0 rings (SSSR count). The van der Waals surface area contributed by atoms with E-state index >= 15 is 0 Å². The van der Waals surface area contributed by atoms with Gasteiger partial charge in [-0.1, -0.05) is 13.8 Å². The quantitative estimate of drug-likeness (QED) is 0.539. The highest BCUT2D eigenvalue weighted by Crippen LogP contribution is 2.13. The highest BCUT2D eigenvalue weighted by atomic mass is 32.2. The van der Waals surface area contributed by atoms with Gasteiger partial charge in [0.25, 0.3) is 0 Å². The third kappa shape index (κ3) is 4.90. The molecule has 0 aliphatic heterocycles. The zero-order valence-corrected chi connectivity index (χ0v) is 9.60. The number of aliphatic hydroxyl groups excluding tert-OH is 1. The number of hydrogen-bond acceptors (Lipinski definition) is 4. The average molecular weight is 224 g/mol. The Morgan fingerprint density at radius 1 is 1.36 bits per heavy atom. The zero-order valence-electron chi connectivity index (χ0n) is 8.78. The molecule has 0 heterocycles. The summed E-state index contributed by atoms with van der Waals surface area (Å²) in [6.07, 6.45) is 1.51. The fourth-order valence-corrected chi connectivity index (χ4v) is 1.62. The maximum Gasteiger partial charge on any atom is 0.210 e. The van der Waals surface area contributed by atoms with E-state index in [0.717, 1.165) is 12.8 Å². The van der Waals surface area contributed by atoms with Gasteiger partial charge in [-0.25, -0.2) is 13.6 Å². The molecule has 0 fully saturated rings. The van der Waals surface area contributed by atoms with E-state index in [2.05, 4.69) is 5.32 Å². The van der Waals surface area contributed by atoms with Crippen LogP contribution in [0.15, 0.2) is 0 Å². The Morgan fingerprint density at radius 2 is 1.86 bits per heavy atom. The van der Waals surface area contributed by atoms with Crippen LogP contribution in [0, 0.1) is 0 Å². The van der Waals surface area contributed by atoms with Crippen molar-refractivity contribution in [3.63, 3.8) is 0 Å². The third-order valence-corrected chi connectivity index (χ3v) is 3.32. The normalized spacial score (nSPS) is 13.1. The van der Waals surface area contributed by atoms with Gasteiger partial charge in [-0.3, -0.25) is 0 Å². The first kappa shape index (κ1) is 13.8. The molecular weight excluding hydrogens is 204 g/mol. The highest BCUT2D eigenvalue weighted by Gasteiger charge is 2.24. The molecule has 0 aliphatic carbocycles. The predicted molar refractivity (Wildman–Crippen MR) is 56.4 cm³/mol. The molecule has 5 nitrogen and oxygen atoms in total. The summed E-state index contributed by atoms with van der Waals surface area (Å²) in [4.78, 5) is 0. The minimum Gasteiger partial charge on any atom is -0.394 e. The summed E-state index contributed by atoms with van der Waals surface area (Å²) in [7, 11) is -3.42. The average Bonchev–Trinajstić information content (AvgIpc) is 2.11. The summed E-state index contributed by atoms with van der Waals surface area (Å²) in [5.74, 6) is -0.102. The van der Waals surface area contributed by atoms with Gasteiger partial charge in [0.1, 0.15) is 0 Å². The highest BCUT2D eigenvalue weighted by molar-refractivity contribution is 7.89. The van der Waals surface area contributed by atoms with Crippen molar-refractivity contribution in [3.05, 3.63) is 0 Å². The van der Waals surface area contributed by atoms with E-state index < -0.39 is 10.0 Å². The Hall–Kier alpha value is -0.170. The van der Waals surface area contributed by atoms with Gasteiger partial charge in [0.2, 0.25) is 10.0 Å². The molecule has 0 spiro atoms. The second-order valence-electron chi connectivity index (χ2n) is 3.44. The number of sulfonamides is 1. The molecule has 0 aliphatic rings. The van der Waals surface area contributed by atoms with Gasteiger partial charge in [-0.05, 0) is 12.8 Å². The number of nitrogens with one attached hydrogen (secondary N) is 1. The van der Waals surface area contributed by atoms with Crippen LogP contribution in [0.25, 0.3) is 0 Å². The summed E-state index contributed by atoms with van der Waals surface area (Å²) in [5.41, 5.74) is -0.370. The molecule has 0 aromatic rings. The minimum atomic E-state index is -3.42. The SMILES string of the molecule is CCC(CC)(CO)NCCS(N)(=O)=O. The summed E-state index contributed by atoms with van der Waals surface area (Å²) in [6.45, 7) is 4.18. The third-order valence-electron chi connectivity index (χ3n) is 2.54. The van der Waals surface area contributed by atoms with Crippen LogP contribution in [0.5, 0.6) is 0 Å². The Morgan fingerprint density at radius 3 is 2.14 bits per heavy atom. The van der Waals surface area contributed by atoms with Gasteiger partial charge in [0.15, 0.2) is 0 Å². The molecule has 0 atom stereocenters. The first-order valence-corrected chi connectivity index (χ1v) is 6.47. The lowest BCUT2D eigenvalue weighted by atomic mass is 9.94. The van der Waals surface area contributed by atoms with Gasteiger partial charge >= 0.3 is 0 Å². The van der Waals surface area contributed by atoms with Crippen molar-refractivity contribution in [2.45, 2.75) is 32.2 Å². The van der Waals surface area contributed by atoms with Crippen LogP contribution in [-0.2, 0) is 10.0 Å². The molecule has 0 radical (unpaired) electrons. The van der Waals surface area contributed by atoms with Crippen molar-refractivity contribution < 1.29 is 13.5 Å². The van der Waals surface area contributed by atoms with Crippen LogP contribution in [0.2, 0.25) is 0 Å². The molecule has 14 heavy (non-hydrogen) atoms. The first-order chi connectivity index (χ1) is 6.39. The molecule has 0 bridgehead atoms. The largest absolute Gasteiger partial charge is 0.394 e. The number of hydrogen-bond donors (Lipinski definition) is 3. The number of aliphatic hydroxyl groups is 1. The lowest BCUT2D eigenvalue weighted by molar-refractivity contribution is 0.153. The fraction of sp³-hybridized carbons (Fsp3) is 1.00. The summed E-state index contributed by atoms with van der Waals surface area (Å²) in [5, 5.41) is 17.1. The van der Waals surface area contributed by atoms with Gasteiger partial charge < -0.3 is 10.4 Å². The second-order valence-corrected chi connectivity index (χ2v) is 5.17. The molecule has 6 heteroatoms. The first-order valence-electron chi connectivity index (χ1n) is 4.75. The van der Waals surface area contributed by atoms with Crippen molar-refractivity contribution in [2.75, 3.05) is 18.9 Å².